The van der Waals surface area contributed by atoms with Crippen molar-refractivity contribution < 1.29 is 17.6 Å². The fourth-order valence-electron chi connectivity index (χ4n) is 2.76. The third kappa shape index (κ3) is 3.16. The standard InChI is InChI=1S/C17H15F4N3O/c1-9(2)15-11(16(25)24-14(23-15)5-6-22-24)7-10-3-4-13(18)12(8-10)17(19,20)21/h3-6,8-9,22H,7H2,1-2H3. The van der Waals surface area contributed by atoms with Gasteiger partial charge in [-0.2, -0.15) is 13.2 Å². The Balaban J connectivity index is 2.14. The Bertz CT molecular complexity index is 986. The Morgan fingerprint density at radius 1 is 1.24 bits per heavy atom. The average Bonchev–Trinajstić information content (AvgIpc) is 2.99. The van der Waals surface area contributed by atoms with E-state index in [9.17, 15) is 22.4 Å². The molecule has 25 heavy (non-hydrogen) atoms. The first-order valence-electron chi connectivity index (χ1n) is 7.63. The van der Waals surface area contributed by atoms with Crippen molar-refractivity contribution in [3.63, 3.8) is 0 Å². The maximum atomic E-state index is 13.5. The fourth-order valence-corrected chi connectivity index (χ4v) is 2.76. The predicted molar refractivity (Wildman–Crippen MR) is 84.1 cm³/mol. The lowest BCUT2D eigenvalue weighted by molar-refractivity contribution is -0.140. The Kier molecular flexibility index (Phi) is 4.14. The quantitative estimate of drug-likeness (QED) is 0.726. The van der Waals surface area contributed by atoms with Gasteiger partial charge in [-0.15, -0.1) is 0 Å². The zero-order valence-corrected chi connectivity index (χ0v) is 13.5. The van der Waals surface area contributed by atoms with Crippen LogP contribution in [-0.4, -0.2) is 14.6 Å². The molecule has 0 aliphatic heterocycles. The third-order valence-electron chi connectivity index (χ3n) is 3.93. The minimum atomic E-state index is -4.79. The molecule has 0 aliphatic rings. The molecule has 3 rings (SSSR count). The highest BCUT2D eigenvalue weighted by Gasteiger charge is 2.34. The molecule has 0 saturated heterocycles. The first kappa shape index (κ1) is 17.2. The summed E-state index contributed by atoms with van der Waals surface area (Å²) in [4.78, 5) is 17.1. The first-order chi connectivity index (χ1) is 11.7. The van der Waals surface area contributed by atoms with E-state index < -0.39 is 17.6 Å². The SMILES string of the molecule is CC(C)c1nc2cc[nH]n2c(=O)c1Cc1ccc(F)c(C(F)(F)F)c1. The molecule has 132 valence electrons. The molecule has 1 N–H and O–H groups in total. The van der Waals surface area contributed by atoms with Gasteiger partial charge in [0.25, 0.3) is 5.56 Å². The van der Waals surface area contributed by atoms with E-state index in [0.29, 0.717) is 11.3 Å². The number of aromatic nitrogens is 3. The topological polar surface area (TPSA) is 50.2 Å². The summed E-state index contributed by atoms with van der Waals surface area (Å²) in [6.07, 6.45) is -3.31. The van der Waals surface area contributed by atoms with Gasteiger partial charge in [0.15, 0.2) is 5.65 Å². The van der Waals surface area contributed by atoms with Crippen molar-refractivity contribution >= 4 is 5.65 Å². The summed E-state index contributed by atoms with van der Waals surface area (Å²) >= 11 is 0. The van der Waals surface area contributed by atoms with Gasteiger partial charge in [-0.25, -0.2) is 13.9 Å². The second kappa shape index (κ2) is 6.02. The number of nitrogens with zero attached hydrogens (tertiary/aromatic N) is 2. The smallest absolute Gasteiger partial charge is 0.297 e. The van der Waals surface area contributed by atoms with Crippen LogP contribution in [0.15, 0.2) is 35.3 Å². The fraction of sp³-hybridized carbons (Fsp3) is 0.294. The van der Waals surface area contributed by atoms with Gasteiger partial charge in [-0.1, -0.05) is 19.9 Å². The molecule has 0 fully saturated rings. The van der Waals surface area contributed by atoms with Gasteiger partial charge in [0.05, 0.1) is 11.3 Å². The molecule has 0 amide bonds. The molecule has 0 unspecified atom stereocenters. The molecule has 0 aliphatic carbocycles. The van der Waals surface area contributed by atoms with E-state index in [-0.39, 0.29) is 29.0 Å². The molecule has 0 radical (unpaired) electrons. The van der Waals surface area contributed by atoms with Crippen LogP contribution < -0.4 is 5.56 Å². The molecule has 1 aromatic carbocycles. The van der Waals surface area contributed by atoms with Gasteiger partial charge in [-0.05, 0) is 23.6 Å². The van der Waals surface area contributed by atoms with E-state index in [1.807, 2.05) is 13.8 Å². The second-order valence-electron chi connectivity index (χ2n) is 6.08. The van der Waals surface area contributed by atoms with Crippen molar-refractivity contribution in [2.45, 2.75) is 32.4 Å². The molecule has 3 aromatic rings. The van der Waals surface area contributed by atoms with Crippen molar-refractivity contribution in [3.8, 4) is 0 Å². The first-order valence-corrected chi connectivity index (χ1v) is 7.63. The van der Waals surface area contributed by atoms with Crippen LogP contribution in [-0.2, 0) is 12.6 Å². The summed E-state index contributed by atoms with van der Waals surface area (Å²) < 4.78 is 53.4. The van der Waals surface area contributed by atoms with Crippen molar-refractivity contribution in [2.24, 2.45) is 0 Å². The summed E-state index contributed by atoms with van der Waals surface area (Å²) in [6, 6.07) is 4.39. The normalized spacial score (nSPS) is 12.3. The number of alkyl halides is 3. The number of rotatable bonds is 3. The highest BCUT2D eigenvalue weighted by molar-refractivity contribution is 5.42. The minimum absolute atomic E-state index is 0.0648. The highest BCUT2D eigenvalue weighted by Crippen LogP contribution is 2.32. The summed E-state index contributed by atoms with van der Waals surface area (Å²) in [5.74, 6) is -1.43. The lowest BCUT2D eigenvalue weighted by atomic mass is 9.97. The number of benzene rings is 1. The minimum Gasteiger partial charge on any atom is -0.297 e. The van der Waals surface area contributed by atoms with Crippen LogP contribution in [0.5, 0.6) is 0 Å². The number of hydrogen-bond acceptors (Lipinski definition) is 2. The Morgan fingerprint density at radius 3 is 2.60 bits per heavy atom. The van der Waals surface area contributed by atoms with Crippen LogP contribution in [0, 0.1) is 5.82 Å². The molecule has 0 saturated carbocycles. The van der Waals surface area contributed by atoms with E-state index in [4.69, 9.17) is 0 Å². The van der Waals surface area contributed by atoms with E-state index in [0.717, 1.165) is 12.1 Å². The van der Waals surface area contributed by atoms with E-state index in [1.54, 1.807) is 12.3 Å². The van der Waals surface area contributed by atoms with Crippen LogP contribution in [0.4, 0.5) is 17.6 Å². The lowest BCUT2D eigenvalue weighted by Gasteiger charge is -2.13. The monoisotopic (exact) mass is 353 g/mol. The number of H-pyrrole nitrogens is 1. The number of fused-ring (bicyclic) bond motifs is 1. The third-order valence-corrected chi connectivity index (χ3v) is 3.93. The largest absolute Gasteiger partial charge is 0.419 e. The second-order valence-corrected chi connectivity index (χ2v) is 6.08. The Morgan fingerprint density at radius 2 is 1.96 bits per heavy atom. The van der Waals surface area contributed by atoms with Crippen LogP contribution in [0.3, 0.4) is 0 Å². The van der Waals surface area contributed by atoms with E-state index >= 15 is 0 Å². The maximum Gasteiger partial charge on any atom is 0.419 e. The molecule has 4 nitrogen and oxygen atoms in total. The molecule has 2 heterocycles. The lowest BCUT2D eigenvalue weighted by Crippen LogP contribution is -2.23. The van der Waals surface area contributed by atoms with Gasteiger partial charge >= 0.3 is 6.18 Å². The average molecular weight is 353 g/mol. The van der Waals surface area contributed by atoms with Gasteiger partial charge < -0.3 is 0 Å². The van der Waals surface area contributed by atoms with Crippen LogP contribution >= 0.6 is 0 Å². The Labute approximate surface area is 140 Å². The number of aromatic amines is 1. The van der Waals surface area contributed by atoms with Crippen LogP contribution in [0.25, 0.3) is 5.65 Å². The number of hydrogen-bond donors (Lipinski definition) is 1. The molecular formula is C17H15F4N3O. The van der Waals surface area contributed by atoms with Crippen LogP contribution in [0.1, 0.15) is 42.1 Å². The molecule has 0 bridgehead atoms. The van der Waals surface area contributed by atoms with Crippen molar-refractivity contribution in [2.75, 3.05) is 0 Å². The van der Waals surface area contributed by atoms with Crippen molar-refractivity contribution in [1.29, 1.82) is 0 Å². The summed E-state index contributed by atoms with van der Waals surface area (Å²) in [5.41, 5.74) is -0.285. The summed E-state index contributed by atoms with van der Waals surface area (Å²) in [6.45, 7) is 3.69. The van der Waals surface area contributed by atoms with Crippen molar-refractivity contribution in [3.05, 3.63) is 69.0 Å². The number of nitrogens with one attached hydrogen (secondary N) is 1. The number of halogens is 4. The van der Waals surface area contributed by atoms with E-state index in [2.05, 4.69) is 10.1 Å². The zero-order valence-electron chi connectivity index (χ0n) is 13.5. The molecule has 8 heteroatoms. The van der Waals surface area contributed by atoms with Crippen molar-refractivity contribution in [1.82, 2.24) is 14.6 Å². The molecular weight excluding hydrogens is 338 g/mol. The van der Waals surface area contributed by atoms with E-state index in [1.165, 1.54) is 10.6 Å². The molecule has 0 spiro atoms. The highest BCUT2D eigenvalue weighted by atomic mass is 19.4. The van der Waals surface area contributed by atoms with Crippen LogP contribution in [0.2, 0.25) is 0 Å². The molecule has 0 atom stereocenters. The van der Waals surface area contributed by atoms with Gasteiger partial charge in [0, 0.05) is 24.2 Å². The molecule has 2 aromatic heterocycles. The maximum absolute atomic E-state index is 13.5. The summed E-state index contributed by atoms with van der Waals surface area (Å²) in [5, 5.41) is 2.73. The zero-order chi connectivity index (χ0) is 18.4. The Hall–Kier alpha value is -2.64. The van der Waals surface area contributed by atoms with Gasteiger partial charge in [0.1, 0.15) is 5.82 Å². The van der Waals surface area contributed by atoms with Gasteiger partial charge in [0.2, 0.25) is 0 Å². The predicted octanol–water partition coefficient (Wildman–Crippen LogP) is 3.89. The summed E-state index contributed by atoms with van der Waals surface area (Å²) in [7, 11) is 0. The van der Waals surface area contributed by atoms with Gasteiger partial charge in [-0.3, -0.25) is 9.89 Å².